The van der Waals surface area contributed by atoms with Gasteiger partial charge >= 0.3 is 24.1 Å². The third-order valence-electron chi connectivity index (χ3n) is 11.1. The van der Waals surface area contributed by atoms with Crippen LogP contribution in [0.1, 0.15) is 49.2 Å². The number of hydrogen-bond donors (Lipinski definition) is 4. The number of amides is 1. The number of alkyl halides is 3. The Kier molecular flexibility index (Phi) is 15.9. The van der Waals surface area contributed by atoms with Gasteiger partial charge < -0.3 is 34.6 Å². The molecule has 0 spiro atoms. The SMILES string of the molecule is COC(=O)C(C)(C)N1CCC(N(Cc2ccc(-c3ccc(C(F)(F)F)cc3)cc2)C(=O)Cn2c(CCc3cccc(F)c3F)nc(=O)c3cccnc32)CC1.O=C(O)C(O)C(O)C(=O)O. The number of rotatable bonds is 14. The van der Waals surface area contributed by atoms with E-state index < -0.39 is 58.6 Å². The van der Waals surface area contributed by atoms with Crippen molar-refractivity contribution in [1.82, 2.24) is 24.3 Å². The van der Waals surface area contributed by atoms with Gasteiger partial charge in [0.05, 0.1) is 18.1 Å². The predicted octanol–water partition coefficient (Wildman–Crippen LogP) is 4.86. The van der Waals surface area contributed by atoms with E-state index in [9.17, 15) is 45.9 Å². The Labute approximate surface area is 368 Å². The number of carboxylic acids is 2. The van der Waals surface area contributed by atoms with Gasteiger partial charge in [-0.15, -0.1) is 0 Å². The van der Waals surface area contributed by atoms with Gasteiger partial charge in [-0.3, -0.25) is 19.3 Å². The minimum absolute atomic E-state index is 0.00595. The molecule has 15 nitrogen and oxygen atoms in total. The van der Waals surface area contributed by atoms with Gasteiger partial charge in [0.1, 0.15) is 23.6 Å². The molecular weight excluding hydrogens is 866 g/mol. The first kappa shape index (κ1) is 49.4. The van der Waals surface area contributed by atoms with Crippen molar-refractivity contribution in [3.8, 4) is 11.1 Å². The number of esters is 1. The van der Waals surface area contributed by atoms with Crippen molar-refractivity contribution in [2.24, 2.45) is 0 Å². The highest BCUT2D eigenvalue weighted by atomic mass is 19.4. The number of carboxylic acid groups (broad SMARTS) is 2. The lowest BCUT2D eigenvalue weighted by Gasteiger charge is -2.44. The van der Waals surface area contributed by atoms with E-state index in [-0.39, 0.29) is 66.3 Å². The van der Waals surface area contributed by atoms with Crippen molar-refractivity contribution in [2.45, 2.75) is 82.6 Å². The molecule has 5 aromatic rings. The van der Waals surface area contributed by atoms with Crippen LogP contribution >= 0.6 is 0 Å². The Morgan fingerprint density at radius 3 is 1.98 bits per heavy atom. The summed E-state index contributed by atoms with van der Waals surface area (Å²) < 4.78 is 74.6. The van der Waals surface area contributed by atoms with Gasteiger partial charge in [-0.25, -0.2) is 23.4 Å². The number of aliphatic carboxylic acids is 2. The Hall–Kier alpha value is -6.64. The molecule has 1 fully saturated rings. The molecule has 0 radical (unpaired) electrons. The number of aliphatic hydroxyl groups is 2. The van der Waals surface area contributed by atoms with Crippen molar-refractivity contribution >= 4 is 34.8 Å². The lowest BCUT2D eigenvalue weighted by atomic mass is 9.95. The Bertz CT molecular complexity index is 2550. The summed E-state index contributed by atoms with van der Waals surface area (Å²) in [5, 5.41) is 32.7. The number of likely N-dealkylation sites (tertiary alicyclic amines) is 1. The molecule has 1 aliphatic rings. The third-order valence-corrected chi connectivity index (χ3v) is 11.1. The summed E-state index contributed by atoms with van der Waals surface area (Å²) in [7, 11) is 1.34. The number of ether oxygens (including phenoxy) is 1. The van der Waals surface area contributed by atoms with Gasteiger partial charge in [0.25, 0.3) is 5.56 Å². The Balaban J connectivity index is 0.000000709. The van der Waals surface area contributed by atoms with Gasteiger partial charge in [-0.2, -0.15) is 18.2 Å². The number of carbonyl (C=O) groups is 4. The van der Waals surface area contributed by atoms with E-state index in [2.05, 4.69) is 9.97 Å². The Morgan fingerprint density at radius 2 is 1.43 bits per heavy atom. The molecule has 65 heavy (non-hydrogen) atoms. The van der Waals surface area contributed by atoms with Crippen molar-refractivity contribution < 1.29 is 66.3 Å². The molecule has 346 valence electrons. The lowest BCUT2D eigenvalue weighted by Crippen LogP contribution is -2.56. The second kappa shape index (κ2) is 20.9. The molecule has 6 rings (SSSR count). The molecule has 2 atom stereocenters. The number of aliphatic hydroxyl groups excluding tert-OH is 2. The summed E-state index contributed by atoms with van der Waals surface area (Å²) in [4.78, 5) is 72.2. The van der Waals surface area contributed by atoms with Crippen LogP contribution in [0, 0.1) is 11.6 Å². The Morgan fingerprint density at radius 1 is 0.846 bits per heavy atom. The van der Waals surface area contributed by atoms with Crippen LogP contribution in [0.4, 0.5) is 22.0 Å². The monoisotopic (exact) mass is 911 g/mol. The van der Waals surface area contributed by atoms with E-state index in [4.69, 9.17) is 25.2 Å². The fourth-order valence-electron chi connectivity index (χ4n) is 7.37. The average Bonchev–Trinajstić information content (AvgIpc) is 3.29. The minimum Gasteiger partial charge on any atom is -0.479 e. The molecule has 3 aromatic carbocycles. The van der Waals surface area contributed by atoms with Crippen LogP contribution in [0.3, 0.4) is 0 Å². The molecule has 0 aliphatic carbocycles. The highest BCUT2D eigenvalue weighted by Gasteiger charge is 2.39. The van der Waals surface area contributed by atoms with Crippen molar-refractivity contribution in [3.63, 3.8) is 0 Å². The molecule has 2 unspecified atom stereocenters. The smallest absolute Gasteiger partial charge is 0.416 e. The van der Waals surface area contributed by atoms with Gasteiger partial charge in [0, 0.05) is 38.3 Å². The summed E-state index contributed by atoms with van der Waals surface area (Å²) in [6.45, 7) is 4.49. The summed E-state index contributed by atoms with van der Waals surface area (Å²) in [6, 6.07) is 18.8. The standard InChI is InChI=1S/C41H40F5N5O4.C4H6O6/c1-40(2,39(54)55-3)49-22-19-31(20-23-49)50(24-26-9-11-27(12-10-26)28-13-16-30(17-14-28)41(44,45)46)35(52)25-51-34(18-15-29-6-4-8-33(42)36(29)43)48-38(53)32-7-5-21-47-37(32)51;5-1(3(7)8)2(6)4(9)10/h4-14,16-17,21,31H,15,18-20,22-25H2,1-3H3;1-2,5-6H,(H,7,8)(H,9,10). The molecule has 1 saturated heterocycles. The van der Waals surface area contributed by atoms with Crippen LogP contribution in [0.25, 0.3) is 22.2 Å². The zero-order valence-electron chi connectivity index (χ0n) is 35.3. The van der Waals surface area contributed by atoms with Gasteiger partial charge in [-0.1, -0.05) is 48.5 Å². The van der Waals surface area contributed by atoms with Crippen LogP contribution in [-0.4, -0.2) is 113 Å². The third kappa shape index (κ3) is 11.9. The topological polar surface area (TPSA) is 213 Å². The van der Waals surface area contributed by atoms with E-state index in [0.717, 1.165) is 23.8 Å². The van der Waals surface area contributed by atoms with E-state index in [0.29, 0.717) is 37.1 Å². The summed E-state index contributed by atoms with van der Waals surface area (Å²) in [6.07, 6.45) is -6.40. The zero-order chi connectivity index (χ0) is 47.8. The molecule has 3 heterocycles. The highest BCUT2D eigenvalue weighted by Crippen LogP contribution is 2.32. The summed E-state index contributed by atoms with van der Waals surface area (Å²) in [5.74, 6) is -6.03. The molecule has 4 N–H and O–H groups in total. The lowest BCUT2D eigenvalue weighted by molar-refractivity contribution is -0.165. The molecule has 0 saturated carbocycles. The quantitative estimate of drug-likeness (QED) is 0.0867. The maximum atomic E-state index is 14.6. The molecule has 2 aromatic heterocycles. The second-order valence-corrected chi connectivity index (χ2v) is 15.6. The molecule has 20 heteroatoms. The maximum Gasteiger partial charge on any atom is 0.416 e. The van der Waals surface area contributed by atoms with Gasteiger partial charge in [0.15, 0.2) is 23.8 Å². The number of carbonyl (C=O) groups excluding carboxylic acids is 2. The van der Waals surface area contributed by atoms with Crippen molar-refractivity contribution in [2.75, 3.05) is 20.2 Å². The predicted molar refractivity (Wildman–Crippen MR) is 223 cm³/mol. The van der Waals surface area contributed by atoms with Crippen LogP contribution < -0.4 is 5.56 Å². The maximum absolute atomic E-state index is 14.6. The number of halogens is 5. The number of aryl methyl sites for hydroxylation is 2. The fraction of sp³-hybridized carbons (Fsp3) is 0.356. The van der Waals surface area contributed by atoms with Crippen molar-refractivity contribution in [1.29, 1.82) is 0 Å². The van der Waals surface area contributed by atoms with E-state index in [1.54, 1.807) is 47.6 Å². The summed E-state index contributed by atoms with van der Waals surface area (Å²) in [5.41, 5.74) is 0.195. The number of nitrogens with zero attached hydrogens (tertiary/aromatic N) is 5. The highest BCUT2D eigenvalue weighted by molar-refractivity contribution is 5.83. The first-order valence-electron chi connectivity index (χ1n) is 20.1. The molecule has 1 amide bonds. The number of fused-ring (bicyclic) bond motifs is 1. The molecule has 1 aliphatic heterocycles. The van der Waals surface area contributed by atoms with E-state index in [1.807, 2.05) is 17.0 Å². The number of pyridine rings is 1. The van der Waals surface area contributed by atoms with E-state index >= 15 is 0 Å². The summed E-state index contributed by atoms with van der Waals surface area (Å²) >= 11 is 0. The fourth-order valence-corrected chi connectivity index (χ4v) is 7.37. The first-order valence-corrected chi connectivity index (χ1v) is 20.1. The first-order chi connectivity index (χ1) is 30.6. The van der Waals surface area contributed by atoms with Crippen LogP contribution in [0.2, 0.25) is 0 Å². The number of piperidine rings is 1. The number of methoxy groups -OCH3 is 1. The molecular formula is C45H46F5N5O10. The van der Waals surface area contributed by atoms with Crippen LogP contribution in [-0.2, 0) is 56.0 Å². The largest absolute Gasteiger partial charge is 0.479 e. The van der Waals surface area contributed by atoms with Crippen molar-refractivity contribution in [3.05, 3.63) is 130 Å². The van der Waals surface area contributed by atoms with Gasteiger partial charge in [0.2, 0.25) is 5.91 Å². The normalized spacial score (nSPS) is 14.5. The number of aromatic nitrogens is 3. The van der Waals surface area contributed by atoms with Gasteiger partial charge in [-0.05, 0) is 85.7 Å². The number of benzene rings is 3. The van der Waals surface area contributed by atoms with Crippen LogP contribution in [0.5, 0.6) is 0 Å². The second-order valence-electron chi connectivity index (χ2n) is 15.6. The average molecular weight is 912 g/mol. The molecule has 0 bridgehead atoms. The van der Waals surface area contributed by atoms with Crippen LogP contribution in [0.15, 0.2) is 89.9 Å². The number of hydrogen-bond acceptors (Lipinski definition) is 11. The van der Waals surface area contributed by atoms with E-state index in [1.165, 1.54) is 37.6 Å². The zero-order valence-corrected chi connectivity index (χ0v) is 35.3. The minimum atomic E-state index is -4.45.